The number of hydrogen-bond donors (Lipinski definition) is 2. The maximum atomic E-state index is 10.4. The third-order valence-electron chi connectivity index (χ3n) is 1.96. The number of carboxylic acids is 1. The highest BCUT2D eigenvalue weighted by Gasteiger charge is 2.13. The van der Waals surface area contributed by atoms with Crippen molar-refractivity contribution in [1.29, 1.82) is 0 Å². The Kier molecular flexibility index (Phi) is 4.39. The summed E-state index contributed by atoms with van der Waals surface area (Å²) < 4.78 is 0. The Balaban J connectivity index is 2.76. The summed E-state index contributed by atoms with van der Waals surface area (Å²) >= 11 is 11.8. The highest BCUT2D eigenvalue weighted by molar-refractivity contribution is 6.36. The van der Waals surface area contributed by atoms with Crippen LogP contribution in [0.25, 0.3) is 0 Å². The minimum Gasteiger partial charge on any atom is -0.481 e. The van der Waals surface area contributed by atoms with Gasteiger partial charge in [-0.2, -0.15) is 0 Å². The fourth-order valence-electron chi connectivity index (χ4n) is 1.29. The maximum absolute atomic E-state index is 10.4. The monoisotopic (exact) mass is 247 g/mol. The average molecular weight is 248 g/mol. The van der Waals surface area contributed by atoms with Crippen molar-refractivity contribution in [1.82, 2.24) is 0 Å². The summed E-state index contributed by atoms with van der Waals surface area (Å²) in [5.41, 5.74) is 6.35. The van der Waals surface area contributed by atoms with Gasteiger partial charge in [-0.05, 0) is 24.1 Å². The molecule has 0 radical (unpaired) electrons. The first-order valence-electron chi connectivity index (χ1n) is 4.41. The lowest BCUT2D eigenvalue weighted by atomic mass is 10.0. The minimum absolute atomic E-state index is 0.0957. The lowest BCUT2D eigenvalue weighted by Crippen LogP contribution is -2.26. The Morgan fingerprint density at radius 1 is 1.40 bits per heavy atom. The zero-order chi connectivity index (χ0) is 11.4. The van der Waals surface area contributed by atoms with Crippen LogP contribution in [-0.2, 0) is 11.2 Å². The Labute approximate surface area is 97.8 Å². The van der Waals surface area contributed by atoms with Crippen molar-refractivity contribution in [2.75, 3.05) is 0 Å². The normalized spacial score (nSPS) is 12.5. The van der Waals surface area contributed by atoms with E-state index in [1.165, 1.54) is 0 Å². The molecule has 0 aromatic heterocycles. The molecule has 0 saturated heterocycles. The second-order valence-electron chi connectivity index (χ2n) is 3.26. The van der Waals surface area contributed by atoms with Crippen LogP contribution in [0.1, 0.15) is 12.0 Å². The van der Waals surface area contributed by atoms with E-state index in [1.54, 1.807) is 18.2 Å². The number of aliphatic carboxylic acids is 1. The van der Waals surface area contributed by atoms with Crippen molar-refractivity contribution in [2.24, 2.45) is 5.73 Å². The van der Waals surface area contributed by atoms with Gasteiger partial charge in [-0.3, -0.25) is 4.79 Å². The number of halogens is 2. The fraction of sp³-hybridized carbons (Fsp3) is 0.300. The predicted octanol–water partition coefficient (Wildman–Crippen LogP) is 2.34. The molecule has 1 aromatic rings. The van der Waals surface area contributed by atoms with Gasteiger partial charge in [0.05, 0.1) is 6.42 Å². The molecule has 5 heteroatoms. The van der Waals surface area contributed by atoms with Gasteiger partial charge in [0.1, 0.15) is 0 Å². The van der Waals surface area contributed by atoms with Crippen molar-refractivity contribution in [2.45, 2.75) is 18.9 Å². The van der Waals surface area contributed by atoms with Crippen LogP contribution in [0, 0.1) is 0 Å². The molecule has 0 fully saturated rings. The van der Waals surface area contributed by atoms with E-state index >= 15 is 0 Å². The fourth-order valence-corrected chi connectivity index (χ4v) is 1.84. The summed E-state index contributed by atoms with van der Waals surface area (Å²) in [5.74, 6) is -0.925. The van der Waals surface area contributed by atoms with Gasteiger partial charge >= 0.3 is 5.97 Å². The number of carboxylic acid groups (broad SMARTS) is 1. The summed E-state index contributed by atoms with van der Waals surface area (Å²) in [4.78, 5) is 10.4. The first-order valence-corrected chi connectivity index (χ1v) is 5.16. The van der Waals surface area contributed by atoms with Crippen LogP contribution < -0.4 is 5.73 Å². The number of nitrogens with two attached hydrogens (primary N) is 1. The number of rotatable bonds is 4. The van der Waals surface area contributed by atoms with Gasteiger partial charge < -0.3 is 10.8 Å². The Hall–Kier alpha value is -0.770. The molecule has 0 bridgehead atoms. The molecule has 82 valence electrons. The van der Waals surface area contributed by atoms with Crippen LogP contribution in [-0.4, -0.2) is 17.1 Å². The predicted molar refractivity (Wildman–Crippen MR) is 60.4 cm³/mol. The number of carbonyl (C=O) groups is 1. The van der Waals surface area contributed by atoms with Gasteiger partial charge in [0.25, 0.3) is 0 Å². The van der Waals surface area contributed by atoms with Crippen molar-refractivity contribution in [3.05, 3.63) is 33.8 Å². The summed E-state index contributed by atoms with van der Waals surface area (Å²) in [6.07, 6.45) is 0.270. The van der Waals surface area contributed by atoms with Crippen LogP contribution >= 0.6 is 23.2 Å². The van der Waals surface area contributed by atoms with E-state index in [9.17, 15) is 4.79 Å². The van der Waals surface area contributed by atoms with Gasteiger partial charge in [-0.15, -0.1) is 0 Å². The van der Waals surface area contributed by atoms with Gasteiger partial charge in [-0.1, -0.05) is 29.3 Å². The van der Waals surface area contributed by atoms with Gasteiger partial charge in [0.2, 0.25) is 0 Å². The quantitative estimate of drug-likeness (QED) is 0.859. The summed E-state index contributed by atoms with van der Waals surface area (Å²) in [6, 6.07) is 4.67. The molecule has 0 amide bonds. The molecular weight excluding hydrogens is 237 g/mol. The van der Waals surface area contributed by atoms with E-state index < -0.39 is 12.0 Å². The first kappa shape index (κ1) is 12.3. The average Bonchev–Trinajstić information content (AvgIpc) is 2.10. The molecule has 0 aliphatic carbocycles. The van der Waals surface area contributed by atoms with Crippen LogP contribution in [0.3, 0.4) is 0 Å². The minimum atomic E-state index is -0.925. The van der Waals surface area contributed by atoms with Crippen LogP contribution in [0.4, 0.5) is 0 Å². The molecule has 1 aromatic carbocycles. The molecule has 1 rings (SSSR count). The molecule has 1 atom stereocenters. The molecule has 1 unspecified atom stereocenters. The molecule has 0 aliphatic heterocycles. The lowest BCUT2D eigenvalue weighted by Gasteiger charge is -2.11. The second kappa shape index (κ2) is 5.35. The molecule has 0 aliphatic rings. The summed E-state index contributed by atoms with van der Waals surface area (Å²) in [5, 5.41) is 9.59. The second-order valence-corrected chi connectivity index (χ2v) is 4.08. The van der Waals surface area contributed by atoms with E-state index in [0.717, 1.165) is 0 Å². The van der Waals surface area contributed by atoms with Crippen molar-refractivity contribution < 1.29 is 9.90 Å². The van der Waals surface area contributed by atoms with Gasteiger partial charge in [-0.25, -0.2) is 0 Å². The first-order chi connectivity index (χ1) is 7.00. The Bertz CT molecular complexity index is 348. The Morgan fingerprint density at radius 3 is 2.40 bits per heavy atom. The third-order valence-corrected chi connectivity index (χ3v) is 2.67. The zero-order valence-electron chi connectivity index (χ0n) is 7.91. The molecular formula is C10H11Cl2NO2. The largest absolute Gasteiger partial charge is 0.481 e. The van der Waals surface area contributed by atoms with Crippen LogP contribution in [0.15, 0.2) is 18.2 Å². The molecule has 0 spiro atoms. The lowest BCUT2D eigenvalue weighted by molar-refractivity contribution is -0.137. The highest BCUT2D eigenvalue weighted by Crippen LogP contribution is 2.25. The SMILES string of the molecule is NC(CC(=O)O)Cc1c(Cl)cccc1Cl. The molecule has 0 saturated carbocycles. The standard InChI is InChI=1S/C10H11Cl2NO2/c11-8-2-1-3-9(12)7(8)4-6(13)5-10(14)15/h1-3,6H,4-5,13H2,(H,14,15). The van der Waals surface area contributed by atoms with Crippen molar-refractivity contribution in [3.8, 4) is 0 Å². The topological polar surface area (TPSA) is 63.3 Å². The maximum Gasteiger partial charge on any atom is 0.304 e. The van der Waals surface area contributed by atoms with Crippen LogP contribution in [0.5, 0.6) is 0 Å². The summed E-state index contributed by atoms with van der Waals surface area (Å²) in [6.45, 7) is 0. The highest BCUT2D eigenvalue weighted by atomic mass is 35.5. The third kappa shape index (κ3) is 3.70. The molecule has 0 heterocycles. The van der Waals surface area contributed by atoms with E-state index in [0.29, 0.717) is 22.0 Å². The van der Waals surface area contributed by atoms with Crippen molar-refractivity contribution in [3.63, 3.8) is 0 Å². The molecule has 3 nitrogen and oxygen atoms in total. The van der Waals surface area contributed by atoms with Crippen molar-refractivity contribution >= 4 is 29.2 Å². The van der Waals surface area contributed by atoms with E-state index in [2.05, 4.69) is 0 Å². The zero-order valence-corrected chi connectivity index (χ0v) is 9.42. The van der Waals surface area contributed by atoms with E-state index in [1.807, 2.05) is 0 Å². The Morgan fingerprint density at radius 2 is 1.93 bits per heavy atom. The van der Waals surface area contributed by atoms with Gasteiger partial charge in [0, 0.05) is 16.1 Å². The molecule has 3 N–H and O–H groups in total. The molecule has 15 heavy (non-hydrogen) atoms. The van der Waals surface area contributed by atoms with E-state index in [4.69, 9.17) is 34.0 Å². The van der Waals surface area contributed by atoms with E-state index in [-0.39, 0.29) is 6.42 Å². The van der Waals surface area contributed by atoms with Crippen LogP contribution in [0.2, 0.25) is 10.0 Å². The van der Waals surface area contributed by atoms with Gasteiger partial charge in [0.15, 0.2) is 0 Å². The smallest absolute Gasteiger partial charge is 0.304 e. The number of benzene rings is 1. The number of hydrogen-bond acceptors (Lipinski definition) is 2. The summed E-state index contributed by atoms with van der Waals surface area (Å²) in [7, 11) is 0.